The van der Waals surface area contributed by atoms with Crippen LogP contribution in [0, 0.1) is 6.92 Å². The van der Waals surface area contributed by atoms with Crippen molar-refractivity contribution >= 4 is 58.7 Å². The van der Waals surface area contributed by atoms with E-state index < -0.39 is 16.1 Å². The second kappa shape index (κ2) is 9.29. The minimum Gasteiger partial charge on any atom is -0.255 e. The van der Waals surface area contributed by atoms with E-state index in [4.69, 9.17) is 4.98 Å². The number of thiophene rings is 1. The molecule has 0 spiro atoms. The van der Waals surface area contributed by atoms with Crippen molar-refractivity contribution in [3.63, 3.8) is 0 Å². The van der Waals surface area contributed by atoms with Crippen molar-refractivity contribution in [2.75, 3.05) is 0 Å². The van der Waals surface area contributed by atoms with Crippen LogP contribution in [-0.4, -0.2) is 21.1 Å². The molecule has 2 aromatic heterocycles. The van der Waals surface area contributed by atoms with Crippen LogP contribution in [-0.2, 0) is 5.41 Å². The SMILES string of the molecule is Cc1c(-c2ccc([Si](C)(C)C)cc2)sc2c(-c3cc(C(C)(C)C)c4ccccc4c3)ncc([Si](C)(C)C)c12. The zero-order valence-corrected chi connectivity index (χ0v) is 27.5. The van der Waals surface area contributed by atoms with E-state index in [-0.39, 0.29) is 5.41 Å². The molecule has 4 heteroatoms. The summed E-state index contributed by atoms with van der Waals surface area (Å²) in [5, 5.41) is 7.04. The fraction of sp³-hybridized carbons (Fsp3) is 0.324. The van der Waals surface area contributed by atoms with Crippen molar-refractivity contribution in [2.24, 2.45) is 0 Å². The first-order valence-corrected chi connectivity index (χ1v) is 21.5. The number of hydrogen-bond acceptors (Lipinski definition) is 2. The summed E-state index contributed by atoms with van der Waals surface area (Å²) in [6.07, 6.45) is 2.20. The van der Waals surface area contributed by atoms with Gasteiger partial charge in [-0.15, -0.1) is 11.3 Å². The maximum absolute atomic E-state index is 5.22. The summed E-state index contributed by atoms with van der Waals surface area (Å²) in [5.74, 6) is 0. The van der Waals surface area contributed by atoms with Gasteiger partial charge in [-0.1, -0.05) is 114 Å². The quantitative estimate of drug-likeness (QED) is 0.203. The Morgan fingerprint density at radius 1 is 0.763 bits per heavy atom. The molecule has 5 rings (SSSR count). The summed E-state index contributed by atoms with van der Waals surface area (Å²) < 4.78 is 1.34. The van der Waals surface area contributed by atoms with Gasteiger partial charge in [0, 0.05) is 16.6 Å². The number of aryl methyl sites for hydroxylation is 1. The molecule has 0 aliphatic carbocycles. The van der Waals surface area contributed by atoms with E-state index in [1.165, 1.54) is 58.4 Å². The van der Waals surface area contributed by atoms with Crippen LogP contribution in [0.4, 0.5) is 0 Å². The number of rotatable bonds is 4. The molecule has 0 saturated heterocycles. The molecular formula is C34H41NSSi2. The van der Waals surface area contributed by atoms with Gasteiger partial charge >= 0.3 is 0 Å². The molecule has 2 heterocycles. The molecule has 196 valence electrons. The van der Waals surface area contributed by atoms with Crippen LogP contribution >= 0.6 is 11.3 Å². The molecule has 1 nitrogen and oxygen atoms in total. The molecule has 0 aliphatic rings. The maximum atomic E-state index is 5.22. The molecule has 0 aliphatic heterocycles. The molecule has 0 fully saturated rings. The Morgan fingerprint density at radius 2 is 1.42 bits per heavy atom. The van der Waals surface area contributed by atoms with E-state index in [1.807, 2.05) is 11.3 Å². The number of hydrogen-bond donors (Lipinski definition) is 0. The van der Waals surface area contributed by atoms with E-state index in [0.29, 0.717) is 0 Å². The Balaban J connectivity index is 1.80. The van der Waals surface area contributed by atoms with E-state index in [9.17, 15) is 0 Å². The highest BCUT2D eigenvalue weighted by atomic mass is 32.1. The smallest absolute Gasteiger partial charge is 0.0880 e. The minimum atomic E-state index is -1.61. The predicted molar refractivity (Wildman–Crippen MR) is 177 cm³/mol. The first kappa shape index (κ1) is 27.0. The van der Waals surface area contributed by atoms with Gasteiger partial charge in [-0.25, -0.2) is 0 Å². The van der Waals surface area contributed by atoms with Crippen molar-refractivity contribution in [3.05, 3.63) is 78.0 Å². The predicted octanol–water partition coefficient (Wildman–Crippen LogP) is 9.48. The lowest BCUT2D eigenvalue weighted by atomic mass is 9.82. The fourth-order valence-corrected chi connectivity index (χ4v) is 9.61. The zero-order valence-electron chi connectivity index (χ0n) is 24.7. The summed E-state index contributed by atoms with van der Waals surface area (Å²) in [4.78, 5) is 6.60. The van der Waals surface area contributed by atoms with Crippen LogP contribution in [0.3, 0.4) is 0 Å². The molecule has 0 atom stereocenters. The lowest BCUT2D eigenvalue weighted by molar-refractivity contribution is 0.596. The average Bonchev–Trinajstić information content (AvgIpc) is 3.18. The molecule has 0 saturated carbocycles. The highest BCUT2D eigenvalue weighted by Gasteiger charge is 2.27. The Labute approximate surface area is 235 Å². The van der Waals surface area contributed by atoms with Crippen LogP contribution < -0.4 is 10.4 Å². The molecule has 0 bridgehead atoms. The number of benzene rings is 3. The average molecular weight is 552 g/mol. The van der Waals surface area contributed by atoms with Gasteiger partial charge < -0.3 is 0 Å². The second-order valence-electron chi connectivity index (χ2n) is 13.9. The van der Waals surface area contributed by atoms with Gasteiger partial charge in [0.15, 0.2) is 0 Å². The van der Waals surface area contributed by atoms with Crippen LogP contribution in [0.2, 0.25) is 39.3 Å². The van der Waals surface area contributed by atoms with Crippen LogP contribution in [0.1, 0.15) is 31.9 Å². The van der Waals surface area contributed by atoms with Gasteiger partial charge in [0.2, 0.25) is 0 Å². The van der Waals surface area contributed by atoms with Crippen molar-refractivity contribution < 1.29 is 0 Å². The molecule has 0 radical (unpaired) electrons. The first-order chi connectivity index (χ1) is 17.7. The molecule has 3 aromatic carbocycles. The van der Waals surface area contributed by atoms with Gasteiger partial charge in [0.1, 0.15) is 0 Å². The summed E-state index contributed by atoms with van der Waals surface area (Å²) >= 11 is 1.93. The van der Waals surface area contributed by atoms with Crippen molar-refractivity contribution in [1.29, 1.82) is 0 Å². The third-order valence-corrected chi connectivity index (χ3v) is 13.1. The standard InChI is InChI=1S/C34H41NSSi2/c1-22-30-29(38(8,9)10)21-35-31(25-19-24-13-11-12-14-27(24)28(20-25)34(2,3)4)33(30)36-32(22)23-15-17-26(18-16-23)37(5,6)7/h11-21H,1-10H3. The Morgan fingerprint density at radius 3 is 2.03 bits per heavy atom. The van der Waals surface area contributed by atoms with Crippen LogP contribution in [0.5, 0.6) is 0 Å². The second-order valence-corrected chi connectivity index (χ2v) is 25.0. The molecular weight excluding hydrogens is 511 g/mol. The number of pyridine rings is 1. The summed E-state index contributed by atoms with van der Waals surface area (Å²) in [6.45, 7) is 23.8. The molecule has 5 aromatic rings. The van der Waals surface area contributed by atoms with Crippen LogP contribution in [0.15, 0.2) is 66.9 Å². The van der Waals surface area contributed by atoms with Crippen molar-refractivity contribution in [2.45, 2.75) is 72.4 Å². The van der Waals surface area contributed by atoms with Gasteiger partial charge in [0.05, 0.1) is 26.5 Å². The Hall–Kier alpha value is -2.54. The highest BCUT2D eigenvalue weighted by Crippen LogP contribution is 2.43. The summed E-state index contributed by atoms with van der Waals surface area (Å²) in [7, 11) is -2.94. The number of aromatic nitrogens is 1. The van der Waals surface area contributed by atoms with E-state index in [1.54, 1.807) is 0 Å². The highest BCUT2D eigenvalue weighted by molar-refractivity contribution is 7.23. The van der Waals surface area contributed by atoms with E-state index >= 15 is 0 Å². The number of fused-ring (bicyclic) bond motifs is 2. The summed E-state index contributed by atoms with van der Waals surface area (Å²) in [5.41, 5.74) is 6.50. The van der Waals surface area contributed by atoms with E-state index in [2.05, 4.69) is 134 Å². The minimum absolute atomic E-state index is 0.0433. The Kier molecular flexibility index (Phi) is 6.61. The lowest BCUT2D eigenvalue weighted by Gasteiger charge is -2.23. The number of nitrogens with zero attached hydrogens (tertiary/aromatic N) is 1. The fourth-order valence-electron chi connectivity index (χ4n) is 5.50. The molecule has 0 amide bonds. The van der Waals surface area contributed by atoms with Crippen molar-refractivity contribution in [3.8, 4) is 21.7 Å². The van der Waals surface area contributed by atoms with Gasteiger partial charge in [-0.3, -0.25) is 4.98 Å². The topological polar surface area (TPSA) is 12.9 Å². The third-order valence-electron chi connectivity index (χ3n) is 7.72. The first-order valence-electron chi connectivity index (χ1n) is 13.7. The largest absolute Gasteiger partial charge is 0.255 e. The van der Waals surface area contributed by atoms with E-state index in [0.717, 1.165) is 5.69 Å². The van der Waals surface area contributed by atoms with Gasteiger partial charge in [-0.05, 0) is 62.5 Å². The summed E-state index contributed by atoms with van der Waals surface area (Å²) in [6, 6.07) is 23.0. The monoisotopic (exact) mass is 551 g/mol. The molecule has 38 heavy (non-hydrogen) atoms. The normalized spacial score (nSPS) is 13.0. The molecule has 0 unspecified atom stereocenters. The Bertz CT molecular complexity index is 1660. The lowest BCUT2D eigenvalue weighted by Crippen LogP contribution is -2.38. The van der Waals surface area contributed by atoms with Crippen LogP contribution in [0.25, 0.3) is 42.6 Å². The third kappa shape index (κ3) is 4.83. The molecule has 0 N–H and O–H groups in total. The van der Waals surface area contributed by atoms with Gasteiger partial charge in [0.25, 0.3) is 0 Å². The zero-order chi connectivity index (χ0) is 27.6. The van der Waals surface area contributed by atoms with Gasteiger partial charge in [-0.2, -0.15) is 0 Å². The van der Waals surface area contributed by atoms with Crippen molar-refractivity contribution in [1.82, 2.24) is 4.98 Å². The maximum Gasteiger partial charge on any atom is 0.0880 e.